The van der Waals surface area contributed by atoms with Gasteiger partial charge >= 0.3 is 6.18 Å². The monoisotopic (exact) mass is 414 g/mol. The summed E-state index contributed by atoms with van der Waals surface area (Å²) in [5, 5.41) is 5.84. The van der Waals surface area contributed by atoms with Crippen molar-refractivity contribution in [3.05, 3.63) is 70.2 Å². The highest BCUT2D eigenvalue weighted by Gasteiger charge is 2.27. The van der Waals surface area contributed by atoms with Crippen molar-refractivity contribution in [2.75, 3.05) is 19.7 Å². The van der Waals surface area contributed by atoms with Gasteiger partial charge in [-0.2, -0.15) is 13.2 Å². The van der Waals surface area contributed by atoms with E-state index in [0.29, 0.717) is 21.7 Å². The van der Waals surface area contributed by atoms with Crippen molar-refractivity contribution in [1.29, 1.82) is 0 Å². The van der Waals surface area contributed by atoms with E-state index in [-0.39, 0.29) is 31.5 Å². The molecule has 2 amide bonds. The molecule has 0 aliphatic carbocycles. The molecule has 0 bridgehead atoms. The summed E-state index contributed by atoms with van der Waals surface area (Å²) < 4.78 is 40.6. The maximum atomic E-state index is 12.0. The Morgan fingerprint density at radius 2 is 1.32 bits per heavy atom. The Morgan fingerprint density at radius 1 is 0.857 bits per heavy atom. The molecule has 0 fully saturated rings. The third-order valence-corrected chi connectivity index (χ3v) is 3.81. The molecule has 28 heavy (non-hydrogen) atoms. The molecule has 0 unspecified atom stereocenters. The van der Waals surface area contributed by atoms with Crippen LogP contribution in [0.1, 0.15) is 26.3 Å². The number of amides is 2. The molecule has 0 atom stereocenters. The van der Waals surface area contributed by atoms with Crippen molar-refractivity contribution in [2.24, 2.45) is 0 Å². The first kappa shape index (κ1) is 21.7. The fourth-order valence-corrected chi connectivity index (χ4v) is 2.32. The van der Waals surface area contributed by atoms with Gasteiger partial charge in [-0.25, -0.2) is 0 Å². The number of nitrogens with one attached hydrogen (secondary N) is 2. The van der Waals surface area contributed by atoms with E-state index in [1.807, 2.05) is 0 Å². The SMILES string of the molecule is O=C(NCCNC(=O)c1ccc(COCC(F)(F)F)cc1)c1ccc(Cl)cc1. The third kappa shape index (κ3) is 7.58. The molecule has 2 rings (SSSR count). The van der Waals surface area contributed by atoms with Gasteiger partial charge in [-0.3, -0.25) is 9.59 Å². The molecule has 2 aromatic carbocycles. The number of rotatable bonds is 8. The van der Waals surface area contributed by atoms with Crippen molar-refractivity contribution in [2.45, 2.75) is 12.8 Å². The Kier molecular flexibility index (Phi) is 7.83. The lowest BCUT2D eigenvalue weighted by Gasteiger charge is -2.09. The molecule has 0 aromatic heterocycles. The van der Waals surface area contributed by atoms with Gasteiger partial charge in [-0.15, -0.1) is 0 Å². The molecule has 0 spiro atoms. The van der Waals surface area contributed by atoms with E-state index < -0.39 is 12.8 Å². The zero-order chi connectivity index (χ0) is 20.6. The van der Waals surface area contributed by atoms with E-state index >= 15 is 0 Å². The summed E-state index contributed by atoms with van der Waals surface area (Å²) in [6.07, 6.45) is -4.37. The molecule has 5 nitrogen and oxygen atoms in total. The molecule has 0 radical (unpaired) electrons. The second-order valence-corrected chi connectivity index (χ2v) is 6.26. The van der Waals surface area contributed by atoms with Crippen LogP contribution in [0.2, 0.25) is 5.02 Å². The minimum Gasteiger partial charge on any atom is -0.367 e. The molecular formula is C19H18ClF3N2O3. The van der Waals surface area contributed by atoms with Gasteiger partial charge in [-0.1, -0.05) is 23.7 Å². The lowest BCUT2D eigenvalue weighted by atomic mass is 10.1. The van der Waals surface area contributed by atoms with Gasteiger partial charge in [-0.05, 0) is 42.0 Å². The number of carbonyl (C=O) groups is 2. The van der Waals surface area contributed by atoms with Gasteiger partial charge in [0.15, 0.2) is 0 Å². The Hall–Kier alpha value is -2.58. The van der Waals surface area contributed by atoms with Crippen molar-refractivity contribution < 1.29 is 27.5 Å². The summed E-state index contributed by atoms with van der Waals surface area (Å²) in [5.74, 6) is -0.641. The number of hydrogen-bond acceptors (Lipinski definition) is 3. The van der Waals surface area contributed by atoms with Crippen molar-refractivity contribution in [3.8, 4) is 0 Å². The van der Waals surface area contributed by atoms with Gasteiger partial charge in [0.05, 0.1) is 6.61 Å². The molecule has 0 heterocycles. The van der Waals surface area contributed by atoms with Crippen LogP contribution in [0.25, 0.3) is 0 Å². The van der Waals surface area contributed by atoms with Crippen LogP contribution in [0.15, 0.2) is 48.5 Å². The minimum absolute atomic E-state index is 0.196. The van der Waals surface area contributed by atoms with E-state index in [1.54, 1.807) is 24.3 Å². The minimum atomic E-state index is -4.37. The number of alkyl halides is 3. The van der Waals surface area contributed by atoms with Crippen molar-refractivity contribution >= 4 is 23.4 Å². The summed E-state index contributed by atoms with van der Waals surface area (Å²) in [4.78, 5) is 23.9. The lowest BCUT2D eigenvalue weighted by molar-refractivity contribution is -0.176. The van der Waals surface area contributed by atoms with Crippen LogP contribution in [0.4, 0.5) is 13.2 Å². The highest BCUT2D eigenvalue weighted by molar-refractivity contribution is 6.30. The van der Waals surface area contributed by atoms with Crippen LogP contribution in [-0.2, 0) is 11.3 Å². The van der Waals surface area contributed by atoms with Gasteiger partial charge in [0.1, 0.15) is 6.61 Å². The van der Waals surface area contributed by atoms with Crippen LogP contribution < -0.4 is 10.6 Å². The highest BCUT2D eigenvalue weighted by atomic mass is 35.5. The molecule has 0 saturated carbocycles. The second-order valence-electron chi connectivity index (χ2n) is 5.82. The predicted molar refractivity (Wildman–Crippen MR) is 98.3 cm³/mol. The predicted octanol–water partition coefficient (Wildman–Crippen LogP) is 3.58. The van der Waals surface area contributed by atoms with Crippen molar-refractivity contribution in [1.82, 2.24) is 10.6 Å². The number of carbonyl (C=O) groups excluding carboxylic acids is 2. The topological polar surface area (TPSA) is 67.4 Å². The van der Waals surface area contributed by atoms with Crippen LogP contribution in [-0.4, -0.2) is 37.7 Å². The van der Waals surface area contributed by atoms with E-state index in [1.165, 1.54) is 24.3 Å². The van der Waals surface area contributed by atoms with E-state index in [4.69, 9.17) is 11.6 Å². The number of hydrogen-bond donors (Lipinski definition) is 2. The van der Waals surface area contributed by atoms with E-state index in [0.717, 1.165) is 0 Å². The fourth-order valence-electron chi connectivity index (χ4n) is 2.19. The molecule has 0 aliphatic heterocycles. The Balaban J connectivity index is 1.71. The zero-order valence-corrected chi connectivity index (χ0v) is 15.4. The standard InChI is InChI=1S/C19H18ClF3N2O3/c20-16-7-5-15(6-8-16)18(27)25-10-9-24-17(26)14-3-1-13(2-4-14)11-28-12-19(21,22)23/h1-8H,9-12H2,(H,24,26)(H,25,27). The lowest BCUT2D eigenvalue weighted by Crippen LogP contribution is -2.34. The van der Waals surface area contributed by atoms with Crippen LogP contribution in [0.3, 0.4) is 0 Å². The quantitative estimate of drug-likeness (QED) is 0.649. The Bertz CT molecular complexity index is 794. The number of ether oxygens (including phenoxy) is 1. The Morgan fingerprint density at radius 3 is 1.79 bits per heavy atom. The van der Waals surface area contributed by atoms with E-state index in [9.17, 15) is 22.8 Å². The zero-order valence-electron chi connectivity index (χ0n) is 14.7. The van der Waals surface area contributed by atoms with Gasteiger partial charge < -0.3 is 15.4 Å². The van der Waals surface area contributed by atoms with Crippen LogP contribution in [0.5, 0.6) is 0 Å². The molecule has 2 aromatic rings. The van der Waals surface area contributed by atoms with Crippen LogP contribution >= 0.6 is 11.6 Å². The van der Waals surface area contributed by atoms with Gasteiger partial charge in [0.2, 0.25) is 0 Å². The summed E-state index contributed by atoms with van der Waals surface area (Å²) in [5.41, 5.74) is 1.33. The largest absolute Gasteiger partial charge is 0.411 e. The second kappa shape index (κ2) is 10.1. The number of benzene rings is 2. The normalized spacial score (nSPS) is 11.1. The summed E-state index contributed by atoms with van der Waals surface area (Å²) in [7, 11) is 0. The molecule has 9 heteroatoms. The highest BCUT2D eigenvalue weighted by Crippen LogP contribution is 2.16. The molecule has 2 N–H and O–H groups in total. The average molecular weight is 415 g/mol. The average Bonchev–Trinajstić information content (AvgIpc) is 2.65. The van der Waals surface area contributed by atoms with Gasteiger partial charge in [0.25, 0.3) is 11.8 Å². The first-order chi connectivity index (χ1) is 13.2. The first-order valence-corrected chi connectivity index (χ1v) is 8.68. The number of halogens is 4. The van der Waals surface area contributed by atoms with Crippen molar-refractivity contribution in [3.63, 3.8) is 0 Å². The maximum Gasteiger partial charge on any atom is 0.411 e. The van der Waals surface area contributed by atoms with Gasteiger partial charge in [0, 0.05) is 29.2 Å². The fraction of sp³-hybridized carbons (Fsp3) is 0.263. The summed E-state index contributed by atoms with van der Waals surface area (Å²) in [6, 6.07) is 12.4. The maximum absolute atomic E-state index is 12.0. The third-order valence-electron chi connectivity index (χ3n) is 3.55. The Labute approximate surface area is 164 Å². The summed E-state index contributed by atoms with van der Waals surface area (Å²) in [6.45, 7) is -1.07. The summed E-state index contributed by atoms with van der Waals surface area (Å²) >= 11 is 5.76. The smallest absolute Gasteiger partial charge is 0.367 e. The molecule has 150 valence electrons. The van der Waals surface area contributed by atoms with E-state index in [2.05, 4.69) is 15.4 Å². The van der Waals surface area contributed by atoms with Crippen LogP contribution in [0, 0.1) is 0 Å². The first-order valence-electron chi connectivity index (χ1n) is 8.30. The molecule has 0 saturated heterocycles. The molecular weight excluding hydrogens is 397 g/mol. The molecule has 0 aliphatic rings.